The number of rotatable bonds is 5. The second-order valence-corrected chi connectivity index (χ2v) is 4.92. The number of aryl methyl sites for hydroxylation is 3. The molecule has 2 rings (SSSR count). The zero-order valence-corrected chi connectivity index (χ0v) is 13.4. The van der Waals surface area contributed by atoms with Gasteiger partial charge in [-0.1, -0.05) is 0 Å². The smallest absolute Gasteiger partial charge is 0.342 e. The van der Waals surface area contributed by atoms with Gasteiger partial charge in [-0.25, -0.2) is 14.8 Å². The molecule has 0 spiro atoms. The number of hydrogen-bond donors (Lipinski definition) is 2. The van der Waals surface area contributed by atoms with Gasteiger partial charge in [0.05, 0.1) is 6.61 Å². The molecule has 2 heterocycles. The van der Waals surface area contributed by atoms with Gasteiger partial charge in [-0.15, -0.1) is 0 Å². The van der Waals surface area contributed by atoms with Crippen molar-refractivity contribution >= 4 is 23.7 Å². The zero-order chi connectivity index (χ0) is 17.1. The minimum atomic E-state index is -0.809. The molecule has 1 amide bonds. The maximum Gasteiger partial charge on any atom is 0.342 e. The van der Waals surface area contributed by atoms with Crippen molar-refractivity contribution in [1.29, 1.82) is 0 Å². The van der Waals surface area contributed by atoms with Gasteiger partial charge >= 0.3 is 5.97 Å². The maximum atomic E-state index is 12.0. The summed E-state index contributed by atoms with van der Waals surface area (Å²) in [6.07, 6.45) is 0. The van der Waals surface area contributed by atoms with Crippen molar-refractivity contribution in [2.75, 3.05) is 11.9 Å². The molecule has 8 nitrogen and oxygen atoms in total. The maximum absolute atomic E-state index is 12.0. The first-order valence-electron chi connectivity index (χ1n) is 7.03. The molecule has 0 atom stereocenters. The number of nitrogens with zero attached hydrogens (tertiary/aromatic N) is 2. The molecule has 0 unspecified atom stereocenters. The van der Waals surface area contributed by atoms with Crippen LogP contribution in [0.1, 0.15) is 44.8 Å². The van der Waals surface area contributed by atoms with Crippen LogP contribution in [-0.4, -0.2) is 28.5 Å². The van der Waals surface area contributed by atoms with E-state index in [9.17, 15) is 9.59 Å². The number of ether oxygens (including phenoxy) is 1. The van der Waals surface area contributed by atoms with E-state index >= 15 is 0 Å². The number of hydrogen-bond acceptors (Lipinski definition) is 7. The van der Waals surface area contributed by atoms with E-state index in [1.165, 1.54) is 0 Å². The van der Waals surface area contributed by atoms with Crippen molar-refractivity contribution in [2.45, 2.75) is 27.7 Å². The van der Waals surface area contributed by atoms with Crippen LogP contribution in [0.3, 0.4) is 0 Å². The Morgan fingerprint density at radius 2 is 1.83 bits per heavy atom. The standard InChI is InChI=1S/C15H18N4O4/c1-5-22-14(21)10-9(4)23-13(11(10)12(16)20)19-15-17-7(2)6-8(3)18-15/h6H,5H2,1-4H3,(H2,16,20)(H,17,18,19). The van der Waals surface area contributed by atoms with Crippen LogP contribution < -0.4 is 11.1 Å². The summed E-state index contributed by atoms with van der Waals surface area (Å²) in [6.45, 7) is 7.01. The predicted molar refractivity (Wildman–Crippen MR) is 82.7 cm³/mol. The van der Waals surface area contributed by atoms with E-state index in [0.29, 0.717) is 0 Å². The molecule has 23 heavy (non-hydrogen) atoms. The first kappa shape index (κ1) is 16.5. The number of carbonyl (C=O) groups excluding carboxylic acids is 2. The number of esters is 1. The van der Waals surface area contributed by atoms with Crippen LogP contribution in [0.5, 0.6) is 0 Å². The van der Waals surface area contributed by atoms with Crippen LogP contribution in [0.4, 0.5) is 11.8 Å². The number of furan rings is 1. The lowest BCUT2D eigenvalue weighted by Crippen LogP contribution is -2.18. The highest BCUT2D eigenvalue weighted by Gasteiger charge is 2.28. The molecule has 2 aromatic heterocycles. The van der Waals surface area contributed by atoms with Crippen LogP contribution in [-0.2, 0) is 4.74 Å². The van der Waals surface area contributed by atoms with Crippen LogP contribution >= 0.6 is 0 Å². The lowest BCUT2D eigenvalue weighted by molar-refractivity contribution is 0.0521. The Kier molecular flexibility index (Phi) is 4.63. The van der Waals surface area contributed by atoms with Gasteiger partial charge in [-0.2, -0.15) is 0 Å². The molecule has 0 fully saturated rings. The number of aromatic nitrogens is 2. The van der Waals surface area contributed by atoms with E-state index in [1.807, 2.05) is 13.8 Å². The fourth-order valence-electron chi connectivity index (χ4n) is 2.20. The second kappa shape index (κ2) is 6.47. The minimum absolute atomic E-state index is 0.00576. The molecule has 0 radical (unpaired) electrons. The van der Waals surface area contributed by atoms with Gasteiger partial charge in [0, 0.05) is 11.4 Å². The van der Waals surface area contributed by atoms with Crippen molar-refractivity contribution in [3.8, 4) is 0 Å². The molecule has 3 N–H and O–H groups in total. The fourth-order valence-corrected chi connectivity index (χ4v) is 2.20. The van der Waals surface area contributed by atoms with Gasteiger partial charge in [0.2, 0.25) is 11.8 Å². The number of amides is 1. The predicted octanol–water partition coefficient (Wildman–Crippen LogP) is 2.01. The Morgan fingerprint density at radius 1 is 1.22 bits per heavy atom. The molecular formula is C15H18N4O4. The highest BCUT2D eigenvalue weighted by Crippen LogP contribution is 2.29. The summed E-state index contributed by atoms with van der Waals surface area (Å²) in [4.78, 5) is 32.2. The molecule has 2 aromatic rings. The van der Waals surface area contributed by atoms with Gasteiger partial charge in [0.1, 0.15) is 16.9 Å². The quantitative estimate of drug-likeness (QED) is 0.809. The Hall–Kier alpha value is -2.90. The summed E-state index contributed by atoms with van der Waals surface area (Å²) < 4.78 is 10.4. The Balaban J connectivity index is 2.48. The first-order valence-corrected chi connectivity index (χ1v) is 7.03. The SMILES string of the molecule is CCOC(=O)c1c(C)oc(Nc2nc(C)cc(C)n2)c1C(N)=O. The third-order valence-corrected chi connectivity index (χ3v) is 3.02. The van der Waals surface area contributed by atoms with Gasteiger partial charge in [-0.3, -0.25) is 10.1 Å². The van der Waals surface area contributed by atoms with E-state index in [-0.39, 0.29) is 35.3 Å². The average molecular weight is 318 g/mol. The monoisotopic (exact) mass is 318 g/mol. The third kappa shape index (κ3) is 3.47. The summed E-state index contributed by atoms with van der Waals surface area (Å²) >= 11 is 0. The van der Waals surface area contributed by atoms with Crippen molar-refractivity contribution in [2.24, 2.45) is 5.73 Å². The molecule has 0 aliphatic rings. The lowest BCUT2D eigenvalue weighted by atomic mass is 10.1. The molecule has 0 saturated heterocycles. The number of carbonyl (C=O) groups is 2. The molecule has 0 aromatic carbocycles. The molecule has 0 bridgehead atoms. The van der Waals surface area contributed by atoms with Crippen molar-refractivity contribution in [1.82, 2.24) is 9.97 Å². The van der Waals surface area contributed by atoms with Gasteiger partial charge in [-0.05, 0) is 33.8 Å². The fraction of sp³-hybridized carbons (Fsp3) is 0.333. The first-order chi connectivity index (χ1) is 10.8. The number of nitrogens with one attached hydrogen (secondary N) is 1. The van der Waals surface area contributed by atoms with Gasteiger partial charge in [0.15, 0.2) is 0 Å². The van der Waals surface area contributed by atoms with E-state index in [1.54, 1.807) is 19.9 Å². The molecule has 0 saturated carbocycles. The molecule has 8 heteroatoms. The summed E-state index contributed by atoms with van der Waals surface area (Å²) in [6, 6.07) is 1.80. The van der Waals surface area contributed by atoms with Crippen molar-refractivity contribution in [3.05, 3.63) is 34.3 Å². The van der Waals surface area contributed by atoms with E-state index in [0.717, 1.165) is 11.4 Å². The van der Waals surface area contributed by atoms with Crippen LogP contribution in [0.15, 0.2) is 10.5 Å². The second-order valence-electron chi connectivity index (χ2n) is 4.92. The summed E-state index contributed by atoms with van der Waals surface area (Å²) in [5.74, 6) is -0.991. The van der Waals surface area contributed by atoms with E-state index in [2.05, 4.69) is 15.3 Å². The summed E-state index contributed by atoms with van der Waals surface area (Å²) in [5.41, 5.74) is 6.80. The van der Waals surface area contributed by atoms with E-state index < -0.39 is 11.9 Å². The topological polar surface area (TPSA) is 120 Å². The van der Waals surface area contributed by atoms with Gasteiger partial charge < -0.3 is 14.9 Å². The Morgan fingerprint density at radius 3 is 2.35 bits per heavy atom. The Labute approximate surface area is 133 Å². The molecule has 0 aliphatic heterocycles. The number of anilines is 2. The summed E-state index contributed by atoms with van der Waals surface area (Å²) in [7, 11) is 0. The molecular weight excluding hydrogens is 300 g/mol. The molecule has 0 aliphatic carbocycles. The van der Waals surface area contributed by atoms with Crippen molar-refractivity contribution < 1.29 is 18.7 Å². The highest BCUT2D eigenvalue weighted by atomic mass is 16.5. The highest BCUT2D eigenvalue weighted by molar-refractivity contribution is 6.09. The summed E-state index contributed by atoms with van der Waals surface area (Å²) in [5, 5.41) is 2.80. The molecule has 122 valence electrons. The zero-order valence-electron chi connectivity index (χ0n) is 13.4. The average Bonchev–Trinajstić information content (AvgIpc) is 2.74. The van der Waals surface area contributed by atoms with Crippen LogP contribution in [0, 0.1) is 20.8 Å². The number of primary amides is 1. The van der Waals surface area contributed by atoms with Crippen LogP contribution in [0.25, 0.3) is 0 Å². The van der Waals surface area contributed by atoms with Gasteiger partial charge in [0.25, 0.3) is 5.91 Å². The number of nitrogens with two attached hydrogens (primary N) is 1. The minimum Gasteiger partial charge on any atom is -0.462 e. The largest absolute Gasteiger partial charge is 0.462 e. The lowest BCUT2D eigenvalue weighted by Gasteiger charge is -2.05. The van der Waals surface area contributed by atoms with Crippen LogP contribution in [0.2, 0.25) is 0 Å². The van der Waals surface area contributed by atoms with E-state index in [4.69, 9.17) is 14.9 Å². The normalized spacial score (nSPS) is 10.4. The van der Waals surface area contributed by atoms with Crippen molar-refractivity contribution in [3.63, 3.8) is 0 Å². The Bertz CT molecular complexity index is 747. The third-order valence-electron chi connectivity index (χ3n) is 3.02.